The van der Waals surface area contributed by atoms with Gasteiger partial charge in [0.15, 0.2) is 0 Å². The third kappa shape index (κ3) is 3.45. The van der Waals surface area contributed by atoms with Gasteiger partial charge in [-0.05, 0) is 38.5 Å². The molecule has 0 radical (unpaired) electrons. The van der Waals surface area contributed by atoms with Gasteiger partial charge in [0.05, 0.1) is 11.6 Å². The summed E-state index contributed by atoms with van der Waals surface area (Å²) in [5.74, 6) is -1.83. The summed E-state index contributed by atoms with van der Waals surface area (Å²) < 4.78 is 0. The van der Waals surface area contributed by atoms with Gasteiger partial charge < -0.3 is 10.4 Å². The molecule has 1 aromatic heterocycles. The molecule has 1 amide bonds. The summed E-state index contributed by atoms with van der Waals surface area (Å²) in [6.07, 6.45) is 0. The van der Waals surface area contributed by atoms with Crippen LogP contribution >= 0.6 is 22.9 Å². The summed E-state index contributed by atoms with van der Waals surface area (Å²) in [5, 5.41) is 12.9. The Bertz CT molecular complexity index is 742. The molecule has 22 heavy (non-hydrogen) atoms. The molecule has 7 heteroatoms. The van der Waals surface area contributed by atoms with Gasteiger partial charge in [-0.1, -0.05) is 17.7 Å². The third-order valence-electron chi connectivity index (χ3n) is 3.21. The summed E-state index contributed by atoms with van der Waals surface area (Å²) in [4.78, 5) is 27.6. The lowest BCUT2D eigenvalue weighted by molar-refractivity contribution is -0.117. The van der Waals surface area contributed by atoms with Gasteiger partial charge in [-0.3, -0.25) is 4.79 Å². The number of anilines is 1. The number of rotatable bonds is 4. The second-order valence-electron chi connectivity index (χ2n) is 4.95. The van der Waals surface area contributed by atoms with E-state index in [0.717, 1.165) is 16.9 Å². The molecular formula is C15H15ClN2O3S. The molecule has 2 rings (SSSR count). The van der Waals surface area contributed by atoms with Crippen molar-refractivity contribution in [3.05, 3.63) is 44.4 Å². The molecule has 0 saturated heterocycles. The van der Waals surface area contributed by atoms with Crippen LogP contribution in [0, 0.1) is 13.8 Å². The summed E-state index contributed by atoms with van der Waals surface area (Å²) >= 11 is 7.05. The van der Waals surface area contributed by atoms with Crippen LogP contribution < -0.4 is 5.32 Å². The van der Waals surface area contributed by atoms with Crippen LogP contribution in [0.15, 0.2) is 18.2 Å². The first-order chi connectivity index (χ1) is 10.3. The van der Waals surface area contributed by atoms with E-state index in [1.54, 1.807) is 26.0 Å². The van der Waals surface area contributed by atoms with Gasteiger partial charge in [0, 0.05) is 10.7 Å². The first-order valence-corrected chi connectivity index (χ1v) is 7.76. The number of aromatic nitrogens is 1. The lowest BCUT2D eigenvalue weighted by atomic mass is 10.1. The number of carboxylic acids is 1. The number of amides is 1. The third-order valence-corrected chi connectivity index (χ3v) is 4.95. The average molecular weight is 339 g/mol. The van der Waals surface area contributed by atoms with Crippen molar-refractivity contribution in [2.45, 2.75) is 26.7 Å². The molecule has 0 aliphatic carbocycles. The monoisotopic (exact) mass is 338 g/mol. The molecule has 2 N–H and O–H groups in total. The molecule has 0 fully saturated rings. The van der Waals surface area contributed by atoms with E-state index in [4.69, 9.17) is 16.7 Å². The highest BCUT2D eigenvalue weighted by molar-refractivity contribution is 7.13. The first-order valence-electron chi connectivity index (χ1n) is 6.57. The number of hydrogen-bond donors (Lipinski definition) is 2. The molecule has 0 aliphatic rings. The Hall–Kier alpha value is -1.92. The van der Waals surface area contributed by atoms with Gasteiger partial charge in [0.1, 0.15) is 9.88 Å². The number of nitrogens with zero attached hydrogens (tertiary/aromatic N) is 1. The summed E-state index contributed by atoms with van der Waals surface area (Å²) in [6.45, 7) is 5.19. The number of aromatic carboxylic acids is 1. The van der Waals surface area contributed by atoms with E-state index in [0.29, 0.717) is 21.4 Å². The minimum absolute atomic E-state index is 0.160. The van der Waals surface area contributed by atoms with Crippen molar-refractivity contribution in [3.8, 4) is 0 Å². The van der Waals surface area contributed by atoms with Crippen molar-refractivity contribution in [1.82, 2.24) is 4.98 Å². The predicted octanol–water partition coefficient (Wildman–Crippen LogP) is 3.85. The zero-order valence-corrected chi connectivity index (χ0v) is 13.9. The van der Waals surface area contributed by atoms with E-state index in [-0.39, 0.29) is 10.8 Å². The lowest BCUT2D eigenvalue weighted by Crippen LogP contribution is -2.18. The largest absolute Gasteiger partial charge is 0.477 e. The van der Waals surface area contributed by atoms with E-state index < -0.39 is 11.9 Å². The number of nitrogens with one attached hydrogen (secondary N) is 1. The zero-order chi connectivity index (χ0) is 16.4. The molecule has 1 aromatic carbocycles. The smallest absolute Gasteiger partial charge is 0.347 e. The zero-order valence-electron chi connectivity index (χ0n) is 12.3. The highest BCUT2D eigenvalue weighted by Gasteiger charge is 2.23. The number of benzene rings is 1. The van der Waals surface area contributed by atoms with Gasteiger partial charge >= 0.3 is 5.97 Å². The number of carbonyl (C=O) groups is 2. The number of thiazole rings is 1. The number of aryl methyl sites for hydroxylation is 2. The Morgan fingerprint density at radius 1 is 1.36 bits per heavy atom. The second kappa shape index (κ2) is 6.46. The molecule has 1 atom stereocenters. The Labute approximate surface area is 137 Å². The fraction of sp³-hybridized carbons (Fsp3) is 0.267. The lowest BCUT2D eigenvalue weighted by Gasteiger charge is -2.10. The fourth-order valence-corrected chi connectivity index (χ4v) is 2.97. The first kappa shape index (κ1) is 16.5. The minimum atomic E-state index is -1.03. The number of carbonyl (C=O) groups excluding carboxylic acids is 1. The van der Waals surface area contributed by atoms with Gasteiger partial charge in [-0.25, -0.2) is 9.78 Å². The van der Waals surface area contributed by atoms with Crippen molar-refractivity contribution in [2.24, 2.45) is 0 Å². The molecule has 116 valence electrons. The number of carboxylic acid groups (broad SMARTS) is 1. The molecule has 0 bridgehead atoms. The van der Waals surface area contributed by atoms with Crippen LogP contribution in [0.3, 0.4) is 0 Å². The van der Waals surface area contributed by atoms with Crippen LogP contribution in [-0.4, -0.2) is 22.0 Å². The SMILES string of the molecule is Cc1ccc(NC(=O)[C@@H](C)c2nc(C)c(C(=O)O)s2)cc1Cl. The molecule has 0 spiro atoms. The van der Waals surface area contributed by atoms with Crippen LogP contribution in [0.1, 0.15) is 38.8 Å². The van der Waals surface area contributed by atoms with E-state index in [9.17, 15) is 9.59 Å². The maximum atomic E-state index is 12.3. The molecule has 0 unspecified atom stereocenters. The van der Waals surface area contributed by atoms with Crippen LogP contribution in [0.25, 0.3) is 0 Å². The maximum Gasteiger partial charge on any atom is 0.347 e. The molecule has 1 heterocycles. The highest BCUT2D eigenvalue weighted by Crippen LogP contribution is 2.27. The van der Waals surface area contributed by atoms with Crippen LogP contribution in [0.2, 0.25) is 5.02 Å². The van der Waals surface area contributed by atoms with E-state index in [2.05, 4.69) is 10.3 Å². The van der Waals surface area contributed by atoms with Crippen molar-refractivity contribution in [2.75, 3.05) is 5.32 Å². The Morgan fingerprint density at radius 3 is 2.59 bits per heavy atom. The van der Waals surface area contributed by atoms with Gasteiger partial charge in [-0.15, -0.1) is 11.3 Å². The Balaban J connectivity index is 2.16. The standard InChI is InChI=1S/C15H15ClN2O3S/c1-7-4-5-10(6-11(7)16)18-13(19)8(2)14-17-9(3)12(22-14)15(20)21/h4-6,8H,1-3H3,(H,18,19)(H,20,21)/t8-/m1/s1. The highest BCUT2D eigenvalue weighted by atomic mass is 35.5. The van der Waals surface area contributed by atoms with Crippen molar-refractivity contribution >= 4 is 40.5 Å². The Morgan fingerprint density at radius 2 is 2.05 bits per heavy atom. The molecular weight excluding hydrogens is 324 g/mol. The summed E-state index contributed by atoms with van der Waals surface area (Å²) in [7, 11) is 0. The topological polar surface area (TPSA) is 79.3 Å². The van der Waals surface area contributed by atoms with Crippen LogP contribution in [-0.2, 0) is 4.79 Å². The molecule has 0 saturated carbocycles. The quantitative estimate of drug-likeness (QED) is 0.887. The van der Waals surface area contributed by atoms with Gasteiger partial charge in [0.2, 0.25) is 5.91 Å². The average Bonchev–Trinajstić information content (AvgIpc) is 2.84. The van der Waals surface area contributed by atoms with Crippen molar-refractivity contribution in [3.63, 3.8) is 0 Å². The summed E-state index contributed by atoms with van der Waals surface area (Å²) in [5.41, 5.74) is 1.94. The van der Waals surface area contributed by atoms with Crippen LogP contribution in [0.4, 0.5) is 5.69 Å². The molecule has 5 nitrogen and oxygen atoms in total. The van der Waals surface area contributed by atoms with Gasteiger partial charge in [0.25, 0.3) is 0 Å². The second-order valence-corrected chi connectivity index (χ2v) is 6.38. The van der Waals surface area contributed by atoms with Crippen LogP contribution in [0.5, 0.6) is 0 Å². The Kier molecular flexibility index (Phi) is 4.83. The fourth-order valence-electron chi connectivity index (χ4n) is 1.83. The van der Waals surface area contributed by atoms with E-state index >= 15 is 0 Å². The normalized spacial score (nSPS) is 12.0. The molecule has 2 aromatic rings. The summed E-state index contributed by atoms with van der Waals surface area (Å²) in [6, 6.07) is 5.26. The van der Waals surface area contributed by atoms with Crippen molar-refractivity contribution < 1.29 is 14.7 Å². The number of hydrogen-bond acceptors (Lipinski definition) is 4. The maximum absolute atomic E-state index is 12.3. The van der Waals surface area contributed by atoms with Gasteiger partial charge in [-0.2, -0.15) is 0 Å². The predicted molar refractivity (Wildman–Crippen MR) is 87.0 cm³/mol. The van der Waals surface area contributed by atoms with E-state index in [1.807, 2.05) is 13.0 Å². The molecule has 0 aliphatic heterocycles. The van der Waals surface area contributed by atoms with E-state index in [1.165, 1.54) is 0 Å². The minimum Gasteiger partial charge on any atom is -0.477 e. The van der Waals surface area contributed by atoms with Crippen molar-refractivity contribution in [1.29, 1.82) is 0 Å². The number of halogens is 1.